The smallest absolute Gasteiger partial charge is 0.422 e. The molecule has 9 heteroatoms. The molecule has 1 aliphatic heterocycles. The number of aromatic nitrogens is 3. The lowest BCUT2D eigenvalue weighted by Gasteiger charge is -2.12. The molecular weight excluding hydrogens is 414 g/mol. The monoisotopic (exact) mass is 435 g/mol. The third-order valence-corrected chi connectivity index (χ3v) is 4.95. The molecule has 0 atom stereocenters. The van der Waals surface area contributed by atoms with E-state index in [1.807, 2.05) is 30.5 Å². The summed E-state index contributed by atoms with van der Waals surface area (Å²) in [6, 6.07) is 7.72. The minimum absolute atomic E-state index is 0.464. The number of imidazole rings is 1. The van der Waals surface area contributed by atoms with Gasteiger partial charge in [0.25, 0.3) is 0 Å². The second kappa shape index (κ2) is 8.30. The Morgan fingerprint density at radius 3 is 2.48 bits per heavy atom. The van der Waals surface area contributed by atoms with E-state index in [0.29, 0.717) is 37.6 Å². The van der Waals surface area contributed by atoms with Gasteiger partial charge in [0.1, 0.15) is 5.82 Å². The van der Waals surface area contributed by atoms with E-state index in [2.05, 4.69) is 9.72 Å². The summed E-state index contributed by atoms with van der Waals surface area (Å²) in [4.78, 5) is 9.22. The molecule has 164 valence electrons. The molecule has 0 saturated heterocycles. The van der Waals surface area contributed by atoms with Crippen molar-refractivity contribution in [2.75, 3.05) is 19.8 Å². The van der Waals surface area contributed by atoms with Crippen LogP contribution in [0.1, 0.15) is 17.1 Å². The Labute approximate surface area is 176 Å². The quantitative estimate of drug-likeness (QED) is 0.548. The molecule has 3 heterocycles. The summed E-state index contributed by atoms with van der Waals surface area (Å²) < 4.78 is 64.0. The highest BCUT2D eigenvalue weighted by atomic mass is 19.4. The Bertz CT molecular complexity index is 1090. The Balaban J connectivity index is 1.81. The first-order valence-electron chi connectivity index (χ1n) is 9.83. The Morgan fingerprint density at radius 2 is 1.77 bits per heavy atom. The normalized spacial score (nSPS) is 14.3. The average Bonchev–Trinajstić information content (AvgIpc) is 2.87. The van der Waals surface area contributed by atoms with E-state index in [0.717, 1.165) is 34.4 Å². The van der Waals surface area contributed by atoms with Crippen LogP contribution in [0.2, 0.25) is 0 Å². The Morgan fingerprint density at radius 1 is 1.03 bits per heavy atom. The van der Waals surface area contributed by atoms with Gasteiger partial charge in [0.15, 0.2) is 18.2 Å². The van der Waals surface area contributed by atoms with Gasteiger partial charge < -0.3 is 14.0 Å². The second-order valence-electron chi connectivity index (χ2n) is 7.43. The summed E-state index contributed by atoms with van der Waals surface area (Å²) in [5.41, 5.74) is 4.80. The lowest BCUT2D eigenvalue weighted by molar-refractivity contribution is -0.153. The van der Waals surface area contributed by atoms with Crippen LogP contribution >= 0.6 is 0 Å². The van der Waals surface area contributed by atoms with Crippen LogP contribution in [-0.2, 0) is 17.7 Å². The maximum absolute atomic E-state index is 14.1. The SMILES string of the molecule is Cc1cc(-c2nc(-c3ccc(F)c(OCC(F)(F)F)c3)n3c2CCOCC3)cc(C)n1. The number of benzene rings is 1. The highest BCUT2D eigenvalue weighted by Gasteiger charge is 2.29. The van der Waals surface area contributed by atoms with Gasteiger partial charge in [-0.25, -0.2) is 9.37 Å². The lowest BCUT2D eigenvalue weighted by Crippen LogP contribution is -2.19. The van der Waals surface area contributed by atoms with Gasteiger partial charge in [0.2, 0.25) is 0 Å². The molecule has 2 aromatic heterocycles. The minimum atomic E-state index is -4.56. The molecule has 5 nitrogen and oxygen atoms in total. The summed E-state index contributed by atoms with van der Waals surface area (Å²) >= 11 is 0. The van der Waals surface area contributed by atoms with Gasteiger partial charge in [-0.2, -0.15) is 13.2 Å². The van der Waals surface area contributed by atoms with Crippen LogP contribution in [0, 0.1) is 19.7 Å². The third kappa shape index (κ3) is 4.71. The van der Waals surface area contributed by atoms with Gasteiger partial charge in [-0.3, -0.25) is 4.98 Å². The summed E-state index contributed by atoms with van der Waals surface area (Å²) in [5.74, 6) is -0.798. The predicted octanol–water partition coefficient (Wildman–Crippen LogP) is 4.88. The van der Waals surface area contributed by atoms with Crippen molar-refractivity contribution < 1.29 is 27.0 Å². The predicted molar refractivity (Wildman–Crippen MR) is 106 cm³/mol. The summed E-state index contributed by atoms with van der Waals surface area (Å²) in [7, 11) is 0. The van der Waals surface area contributed by atoms with Crippen LogP contribution in [-0.4, -0.2) is 40.5 Å². The molecule has 4 rings (SSSR count). The number of pyridine rings is 1. The molecule has 31 heavy (non-hydrogen) atoms. The maximum atomic E-state index is 14.1. The third-order valence-electron chi connectivity index (χ3n) is 4.95. The first-order chi connectivity index (χ1) is 14.7. The first kappa shape index (κ1) is 21.3. The fraction of sp³-hybridized carbons (Fsp3) is 0.364. The van der Waals surface area contributed by atoms with Crippen molar-refractivity contribution in [2.24, 2.45) is 0 Å². The van der Waals surface area contributed by atoms with Crippen molar-refractivity contribution >= 4 is 0 Å². The fourth-order valence-electron chi connectivity index (χ4n) is 3.74. The molecule has 1 aromatic carbocycles. The van der Waals surface area contributed by atoms with Crippen molar-refractivity contribution in [3.63, 3.8) is 0 Å². The zero-order chi connectivity index (χ0) is 22.2. The first-order valence-corrected chi connectivity index (χ1v) is 9.83. The number of halogens is 4. The van der Waals surface area contributed by atoms with Crippen molar-refractivity contribution in [3.05, 3.63) is 53.2 Å². The van der Waals surface area contributed by atoms with Crippen molar-refractivity contribution in [1.82, 2.24) is 14.5 Å². The number of aryl methyl sites for hydroxylation is 2. The van der Waals surface area contributed by atoms with Crippen LogP contribution in [0.5, 0.6) is 5.75 Å². The van der Waals surface area contributed by atoms with Crippen LogP contribution in [0.3, 0.4) is 0 Å². The van der Waals surface area contributed by atoms with E-state index in [9.17, 15) is 17.6 Å². The van der Waals surface area contributed by atoms with Gasteiger partial charge in [-0.05, 0) is 44.2 Å². The van der Waals surface area contributed by atoms with Gasteiger partial charge >= 0.3 is 6.18 Å². The van der Waals surface area contributed by atoms with Crippen molar-refractivity contribution in [2.45, 2.75) is 33.0 Å². The highest BCUT2D eigenvalue weighted by Crippen LogP contribution is 2.34. The van der Waals surface area contributed by atoms with Gasteiger partial charge in [-0.15, -0.1) is 0 Å². The second-order valence-corrected chi connectivity index (χ2v) is 7.43. The summed E-state index contributed by atoms with van der Waals surface area (Å²) in [5, 5.41) is 0. The number of hydrogen-bond acceptors (Lipinski definition) is 4. The fourth-order valence-corrected chi connectivity index (χ4v) is 3.74. The number of alkyl halides is 3. The van der Waals surface area contributed by atoms with Gasteiger partial charge in [0.05, 0.1) is 18.9 Å². The van der Waals surface area contributed by atoms with E-state index < -0.39 is 24.3 Å². The van der Waals surface area contributed by atoms with Crippen LogP contribution in [0.15, 0.2) is 30.3 Å². The minimum Gasteiger partial charge on any atom is -0.481 e. The topological polar surface area (TPSA) is 49.2 Å². The van der Waals surface area contributed by atoms with E-state index in [1.165, 1.54) is 12.1 Å². The highest BCUT2D eigenvalue weighted by molar-refractivity contribution is 5.69. The maximum Gasteiger partial charge on any atom is 0.422 e. The van der Waals surface area contributed by atoms with Crippen LogP contribution in [0.25, 0.3) is 22.6 Å². The van der Waals surface area contributed by atoms with Crippen molar-refractivity contribution in [3.8, 4) is 28.4 Å². The zero-order valence-corrected chi connectivity index (χ0v) is 17.1. The van der Waals surface area contributed by atoms with E-state index in [1.54, 1.807) is 0 Å². The summed E-state index contributed by atoms with van der Waals surface area (Å²) in [6.45, 7) is 3.77. The van der Waals surface area contributed by atoms with E-state index in [-0.39, 0.29) is 0 Å². The molecule has 0 fully saturated rings. The molecule has 0 saturated carbocycles. The molecule has 0 bridgehead atoms. The molecular formula is C22H21F4N3O2. The summed E-state index contributed by atoms with van der Waals surface area (Å²) in [6.07, 6.45) is -3.93. The Hall–Kier alpha value is -2.94. The zero-order valence-electron chi connectivity index (χ0n) is 17.1. The van der Waals surface area contributed by atoms with E-state index >= 15 is 0 Å². The largest absolute Gasteiger partial charge is 0.481 e. The molecule has 0 aliphatic carbocycles. The number of fused-ring (bicyclic) bond motifs is 1. The van der Waals surface area contributed by atoms with Crippen LogP contribution < -0.4 is 4.74 Å². The molecule has 0 amide bonds. The molecule has 0 spiro atoms. The van der Waals surface area contributed by atoms with Crippen molar-refractivity contribution in [1.29, 1.82) is 0 Å². The number of hydrogen-bond donors (Lipinski definition) is 0. The lowest BCUT2D eigenvalue weighted by atomic mass is 10.1. The Kier molecular flexibility index (Phi) is 5.70. The average molecular weight is 435 g/mol. The molecule has 1 aliphatic rings. The molecule has 0 N–H and O–H groups in total. The van der Waals surface area contributed by atoms with Gasteiger partial charge in [0, 0.05) is 41.2 Å². The molecule has 3 aromatic rings. The number of rotatable bonds is 4. The molecule has 0 radical (unpaired) electrons. The van der Waals surface area contributed by atoms with E-state index in [4.69, 9.17) is 9.72 Å². The van der Waals surface area contributed by atoms with Crippen LogP contribution in [0.4, 0.5) is 17.6 Å². The van der Waals surface area contributed by atoms with Gasteiger partial charge in [-0.1, -0.05) is 0 Å². The molecule has 0 unspecified atom stereocenters. The standard InChI is InChI=1S/C22H21F4N3O2/c1-13-9-16(10-14(2)27-13)20-18-5-7-30-8-6-29(18)21(28-20)15-3-4-17(23)19(11-15)31-12-22(24,25)26/h3-4,9-11H,5-8,12H2,1-2H3. The number of nitrogens with zero attached hydrogens (tertiary/aromatic N) is 3. The number of ether oxygens (including phenoxy) is 2.